The van der Waals surface area contributed by atoms with Gasteiger partial charge in [-0.1, -0.05) is 5.16 Å². The Hall–Kier alpha value is -1.73. The molecule has 144 valence electrons. The molecule has 0 radical (unpaired) electrons. The number of carbonyl (C=O) groups is 1. The molecule has 1 aromatic heterocycles. The predicted molar refractivity (Wildman–Crippen MR) is 87.2 cm³/mol. The molecule has 3 saturated heterocycles. The van der Waals surface area contributed by atoms with Gasteiger partial charge < -0.3 is 20.1 Å². The number of carbonyl (C=O) groups excluding carboxylic acids is 1. The van der Waals surface area contributed by atoms with Crippen molar-refractivity contribution < 1.29 is 26.6 Å². The highest BCUT2D eigenvalue weighted by atomic mass is 32.3. The van der Waals surface area contributed by atoms with Crippen LogP contribution < -0.4 is 10.6 Å². The molecule has 26 heavy (non-hydrogen) atoms. The SMILES string of the molecule is O=C1N2CC(CCC2c2cc(CCNC3CNC3)on2)N1OS(=O)(=O)O. The summed E-state index contributed by atoms with van der Waals surface area (Å²) in [6.45, 7) is 3.05. The summed E-state index contributed by atoms with van der Waals surface area (Å²) in [5, 5.41) is 11.4. The van der Waals surface area contributed by atoms with Gasteiger partial charge in [-0.05, 0) is 12.8 Å². The highest BCUT2D eigenvalue weighted by Crippen LogP contribution is 2.38. The predicted octanol–water partition coefficient (Wildman–Crippen LogP) is -0.546. The molecular weight excluding hydrogens is 366 g/mol. The fraction of sp³-hybridized carbons (Fsp3) is 0.714. The number of hydroxylamine groups is 2. The van der Waals surface area contributed by atoms with Gasteiger partial charge in [-0.25, -0.2) is 4.79 Å². The standard InChI is InChI=1S/C14H21N5O6S/c20-14-18-8-10(19(14)25-26(21,22)23)1-2-13(18)12-5-11(24-17-12)3-4-16-9-6-15-7-9/h5,9-10,13,15-16H,1-4,6-8H2,(H,21,22,23). The number of hydrogen-bond donors (Lipinski definition) is 3. The largest absolute Gasteiger partial charge is 0.418 e. The molecule has 0 aliphatic carbocycles. The number of hydrogen-bond acceptors (Lipinski definition) is 8. The van der Waals surface area contributed by atoms with Gasteiger partial charge in [-0.15, -0.1) is 4.28 Å². The third-order valence-corrected chi connectivity index (χ3v) is 5.35. The maximum Gasteiger partial charge on any atom is 0.418 e. The van der Waals surface area contributed by atoms with E-state index >= 15 is 0 Å². The Morgan fingerprint density at radius 2 is 2.23 bits per heavy atom. The van der Waals surface area contributed by atoms with Gasteiger partial charge in [0, 0.05) is 44.7 Å². The molecule has 0 spiro atoms. The molecule has 3 fully saturated rings. The van der Waals surface area contributed by atoms with Crippen LogP contribution in [0.4, 0.5) is 4.79 Å². The molecule has 4 heterocycles. The van der Waals surface area contributed by atoms with Crippen molar-refractivity contribution in [2.75, 3.05) is 26.2 Å². The van der Waals surface area contributed by atoms with Crippen molar-refractivity contribution in [3.8, 4) is 0 Å². The van der Waals surface area contributed by atoms with Gasteiger partial charge in [0.25, 0.3) is 0 Å². The zero-order valence-electron chi connectivity index (χ0n) is 14.0. The summed E-state index contributed by atoms with van der Waals surface area (Å²) in [7, 11) is -4.74. The molecule has 0 aromatic carbocycles. The summed E-state index contributed by atoms with van der Waals surface area (Å²) in [6.07, 6.45) is 1.85. The quantitative estimate of drug-likeness (QED) is 0.526. The number of fused-ring (bicyclic) bond motifs is 2. The van der Waals surface area contributed by atoms with Crippen LogP contribution in [0.5, 0.6) is 0 Å². The van der Waals surface area contributed by atoms with E-state index in [-0.39, 0.29) is 6.04 Å². The molecule has 0 saturated carbocycles. The van der Waals surface area contributed by atoms with Crippen LogP contribution >= 0.6 is 0 Å². The van der Waals surface area contributed by atoms with Gasteiger partial charge in [0.2, 0.25) is 0 Å². The summed E-state index contributed by atoms with van der Waals surface area (Å²) >= 11 is 0. The minimum absolute atomic E-state index is 0.296. The van der Waals surface area contributed by atoms with Gasteiger partial charge in [-0.2, -0.15) is 13.5 Å². The van der Waals surface area contributed by atoms with E-state index in [2.05, 4.69) is 20.1 Å². The van der Waals surface area contributed by atoms with E-state index in [0.29, 0.717) is 37.5 Å². The van der Waals surface area contributed by atoms with Crippen molar-refractivity contribution >= 4 is 16.4 Å². The van der Waals surface area contributed by atoms with Gasteiger partial charge in [0.05, 0.1) is 12.1 Å². The molecule has 2 unspecified atom stereocenters. The molecule has 2 atom stereocenters. The number of piperidine rings is 1. The van der Waals surface area contributed by atoms with Gasteiger partial charge in [0.1, 0.15) is 11.5 Å². The van der Waals surface area contributed by atoms with Crippen LogP contribution in [0.25, 0.3) is 0 Å². The van der Waals surface area contributed by atoms with E-state index in [9.17, 15) is 13.2 Å². The molecule has 3 N–H and O–H groups in total. The third kappa shape index (κ3) is 3.55. The fourth-order valence-electron chi connectivity index (χ4n) is 3.58. The number of aromatic nitrogens is 1. The van der Waals surface area contributed by atoms with Crippen LogP contribution in [0.15, 0.2) is 10.6 Å². The summed E-state index contributed by atoms with van der Waals surface area (Å²) < 4.78 is 40.5. The van der Waals surface area contributed by atoms with Crippen molar-refractivity contribution in [1.29, 1.82) is 0 Å². The van der Waals surface area contributed by atoms with E-state index in [1.807, 2.05) is 6.07 Å². The summed E-state index contributed by atoms with van der Waals surface area (Å²) in [4.78, 5) is 13.9. The molecule has 2 amide bonds. The number of amides is 2. The van der Waals surface area contributed by atoms with E-state index < -0.39 is 22.5 Å². The average molecular weight is 387 g/mol. The van der Waals surface area contributed by atoms with Crippen LogP contribution in [0.2, 0.25) is 0 Å². The lowest BCUT2D eigenvalue weighted by atomic mass is 9.98. The lowest BCUT2D eigenvalue weighted by molar-refractivity contribution is -0.0317. The van der Waals surface area contributed by atoms with Crippen LogP contribution in [0, 0.1) is 0 Å². The Labute approximate surface area is 150 Å². The molecule has 3 aliphatic rings. The molecule has 1 aromatic rings. The highest BCUT2D eigenvalue weighted by molar-refractivity contribution is 7.80. The third-order valence-electron chi connectivity index (χ3n) is 5.00. The first-order valence-corrected chi connectivity index (χ1v) is 9.93. The van der Waals surface area contributed by atoms with Gasteiger partial charge in [0.15, 0.2) is 0 Å². The maximum atomic E-state index is 12.4. The zero-order chi connectivity index (χ0) is 18.3. The second-order valence-electron chi connectivity index (χ2n) is 6.79. The Balaban J connectivity index is 1.38. The van der Waals surface area contributed by atoms with Crippen molar-refractivity contribution in [2.45, 2.75) is 37.4 Å². The summed E-state index contributed by atoms with van der Waals surface area (Å²) in [5.74, 6) is 0.736. The lowest BCUT2D eigenvalue weighted by Crippen LogP contribution is -2.55. The highest BCUT2D eigenvalue weighted by Gasteiger charge is 2.48. The molecule has 11 nitrogen and oxygen atoms in total. The van der Waals surface area contributed by atoms with E-state index in [1.54, 1.807) is 0 Å². The van der Waals surface area contributed by atoms with E-state index in [0.717, 1.165) is 30.5 Å². The monoisotopic (exact) mass is 387 g/mol. The topological polar surface area (TPSA) is 137 Å². The first-order valence-electron chi connectivity index (χ1n) is 8.57. The Morgan fingerprint density at radius 3 is 2.92 bits per heavy atom. The second-order valence-corrected chi connectivity index (χ2v) is 7.79. The van der Waals surface area contributed by atoms with Crippen LogP contribution in [0.1, 0.15) is 30.3 Å². The van der Waals surface area contributed by atoms with Gasteiger partial charge in [-0.3, -0.25) is 4.55 Å². The van der Waals surface area contributed by atoms with Crippen molar-refractivity contribution in [1.82, 2.24) is 25.8 Å². The zero-order valence-corrected chi connectivity index (χ0v) is 14.8. The maximum absolute atomic E-state index is 12.4. The van der Waals surface area contributed by atoms with Crippen LogP contribution in [0.3, 0.4) is 0 Å². The normalized spacial score (nSPS) is 26.4. The Kier molecular flexibility index (Phi) is 4.61. The fourth-order valence-corrected chi connectivity index (χ4v) is 3.96. The average Bonchev–Trinajstić information content (AvgIpc) is 3.09. The van der Waals surface area contributed by atoms with Crippen molar-refractivity contribution in [2.24, 2.45) is 0 Å². The number of urea groups is 1. The number of nitrogens with one attached hydrogen (secondary N) is 2. The van der Waals surface area contributed by atoms with E-state index in [1.165, 1.54) is 4.90 Å². The first kappa shape index (κ1) is 17.7. The minimum atomic E-state index is -4.74. The molecule has 2 bridgehead atoms. The Morgan fingerprint density at radius 1 is 1.42 bits per heavy atom. The van der Waals surface area contributed by atoms with Crippen molar-refractivity contribution in [3.05, 3.63) is 17.5 Å². The van der Waals surface area contributed by atoms with Crippen LogP contribution in [-0.2, 0) is 21.1 Å². The number of nitrogens with zero attached hydrogens (tertiary/aromatic N) is 3. The lowest BCUT2D eigenvalue weighted by Gasteiger charge is -2.28. The molecular formula is C14H21N5O6S. The second kappa shape index (κ2) is 6.78. The summed E-state index contributed by atoms with van der Waals surface area (Å²) in [5.41, 5.74) is 0.644. The van der Waals surface area contributed by atoms with Crippen molar-refractivity contribution in [3.63, 3.8) is 0 Å². The first-order chi connectivity index (χ1) is 12.4. The molecule has 12 heteroatoms. The minimum Gasteiger partial charge on any atom is -0.361 e. The number of rotatable bonds is 7. The van der Waals surface area contributed by atoms with E-state index in [4.69, 9.17) is 9.08 Å². The summed E-state index contributed by atoms with van der Waals surface area (Å²) in [6, 6.07) is 1.04. The Bertz CT molecular complexity index is 779. The van der Waals surface area contributed by atoms with Gasteiger partial charge >= 0.3 is 16.4 Å². The van der Waals surface area contributed by atoms with Crippen LogP contribution in [-0.4, -0.2) is 72.4 Å². The smallest absolute Gasteiger partial charge is 0.361 e. The molecule has 4 rings (SSSR count). The molecule has 3 aliphatic heterocycles.